The first-order chi connectivity index (χ1) is 16.9. The van der Waals surface area contributed by atoms with E-state index in [1.807, 2.05) is 0 Å². The van der Waals surface area contributed by atoms with Gasteiger partial charge < -0.3 is 9.88 Å². The summed E-state index contributed by atoms with van der Waals surface area (Å²) in [7, 11) is 0. The van der Waals surface area contributed by atoms with E-state index in [-0.39, 0.29) is 0 Å². The summed E-state index contributed by atoms with van der Waals surface area (Å²) >= 11 is 0. The molecule has 0 aliphatic heterocycles. The van der Waals surface area contributed by atoms with Crippen LogP contribution in [0.5, 0.6) is 0 Å². The average molecular weight is 435 g/mol. The van der Waals surface area contributed by atoms with Crippen LogP contribution in [0.2, 0.25) is 0 Å². The Morgan fingerprint density at radius 3 is 1.97 bits per heavy atom. The van der Waals surface area contributed by atoms with Gasteiger partial charge in [-0.3, -0.25) is 0 Å². The minimum atomic E-state index is 1.10. The number of hydrogen-bond acceptors (Lipinski definition) is 1. The number of nitrogens with one attached hydrogen (secondary N) is 1. The molecule has 34 heavy (non-hydrogen) atoms. The van der Waals surface area contributed by atoms with Crippen molar-refractivity contribution in [3.8, 4) is 5.69 Å². The monoisotopic (exact) mass is 434 g/mol. The third-order valence-corrected chi connectivity index (χ3v) is 6.77. The Hall–Kier alpha value is -4.56. The molecule has 0 aliphatic carbocycles. The maximum atomic E-state index is 3.80. The number of fused-ring (bicyclic) bond motifs is 6. The highest BCUT2D eigenvalue weighted by Crippen LogP contribution is 2.38. The van der Waals surface area contributed by atoms with Gasteiger partial charge >= 0.3 is 0 Å². The number of rotatable bonds is 3. The Labute approximate surface area is 197 Å². The van der Waals surface area contributed by atoms with Crippen LogP contribution in [0.3, 0.4) is 0 Å². The molecule has 7 rings (SSSR count). The summed E-state index contributed by atoms with van der Waals surface area (Å²) in [6, 6.07) is 45.4. The Bertz CT molecular complexity index is 1830. The second kappa shape index (κ2) is 7.50. The minimum absolute atomic E-state index is 1.10. The second-order valence-electron chi connectivity index (χ2n) is 8.70. The lowest BCUT2D eigenvalue weighted by atomic mass is 10.0. The molecule has 0 unspecified atom stereocenters. The van der Waals surface area contributed by atoms with Crippen LogP contribution in [0.15, 0.2) is 127 Å². The van der Waals surface area contributed by atoms with Crippen molar-refractivity contribution >= 4 is 54.7 Å². The molecule has 160 valence electrons. The van der Waals surface area contributed by atoms with Crippen molar-refractivity contribution in [2.24, 2.45) is 0 Å². The van der Waals surface area contributed by atoms with Gasteiger partial charge in [0.1, 0.15) is 0 Å². The first-order valence-corrected chi connectivity index (χ1v) is 11.6. The molecule has 0 radical (unpaired) electrons. The Morgan fingerprint density at radius 2 is 1.09 bits per heavy atom. The fraction of sp³-hybridized carbons (Fsp3) is 0. The van der Waals surface area contributed by atoms with Gasteiger partial charge in [0.15, 0.2) is 0 Å². The first kappa shape index (κ1) is 19.0. The van der Waals surface area contributed by atoms with Gasteiger partial charge in [-0.2, -0.15) is 0 Å². The molecule has 0 saturated heterocycles. The van der Waals surface area contributed by atoms with E-state index in [1.165, 1.54) is 43.4 Å². The van der Waals surface area contributed by atoms with E-state index < -0.39 is 0 Å². The number of aromatic nitrogens is 1. The quantitative estimate of drug-likeness (QED) is 0.275. The van der Waals surface area contributed by atoms with Crippen molar-refractivity contribution in [3.05, 3.63) is 127 Å². The molecule has 0 atom stereocenters. The van der Waals surface area contributed by atoms with Crippen LogP contribution in [0.25, 0.3) is 49.0 Å². The van der Waals surface area contributed by atoms with Crippen LogP contribution in [0.4, 0.5) is 11.4 Å². The zero-order valence-electron chi connectivity index (χ0n) is 18.6. The van der Waals surface area contributed by atoms with E-state index in [4.69, 9.17) is 0 Å². The molecule has 0 saturated carbocycles. The van der Waals surface area contributed by atoms with Gasteiger partial charge in [-0.05, 0) is 46.5 Å². The van der Waals surface area contributed by atoms with Gasteiger partial charge in [0.25, 0.3) is 0 Å². The fourth-order valence-electron chi connectivity index (χ4n) is 5.26. The predicted molar refractivity (Wildman–Crippen MR) is 146 cm³/mol. The smallest absolute Gasteiger partial charge is 0.0776 e. The SMILES string of the molecule is c1ccc(-n2c3ccccc3c3cccc(Nc4cccc5c4ccc4ccccc45)c32)cc1. The summed E-state index contributed by atoms with van der Waals surface area (Å²) < 4.78 is 2.37. The normalized spacial score (nSPS) is 11.5. The largest absolute Gasteiger partial charge is 0.353 e. The van der Waals surface area contributed by atoms with Crippen molar-refractivity contribution in [1.82, 2.24) is 4.57 Å². The number of hydrogen-bond donors (Lipinski definition) is 1. The third-order valence-electron chi connectivity index (χ3n) is 6.77. The highest BCUT2D eigenvalue weighted by Gasteiger charge is 2.16. The summed E-state index contributed by atoms with van der Waals surface area (Å²) in [5.41, 5.74) is 5.76. The molecule has 0 fully saturated rings. The Kier molecular flexibility index (Phi) is 4.18. The van der Waals surface area contributed by atoms with Crippen LogP contribution < -0.4 is 5.32 Å². The zero-order chi connectivity index (χ0) is 22.5. The highest BCUT2D eigenvalue weighted by molar-refractivity contribution is 6.15. The molecule has 2 heteroatoms. The maximum absolute atomic E-state index is 3.80. The number of nitrogens with zero attached hydrogens (tertiary/aromatic N) is 1. The highest BCUT2D eigenvalue weighted by atomic mass is 15.0. The van der Waals surface area contributed by atoms with E-state index in [1.54, 1.807) is 0 Å². The number of para-hydroxylation sites is 3. The number of anilines is 2. The summed E-state index contributed by atoms with van der Waals surface area (Å²) in [6.07, 6.45) is 0. The molecule has 1 aromatic heterocycles. The first-order valence-electron chi connectivity index (χ1n) is 11.6. The van der Waals surface area contributed by atoms with Crippen molar-refractivity contribution in [3.63, 3.8) is 0 Å². The standard InChI is InChI=1S/C32H22N2/c1-2-11-23(12-3-1)34-31-19-7-6-14-27(31)28-16-9-18-30(32(28)34)33-29-17-8-15-25-24-13-5-4-10-22(24)20-21-26(25)29/h1-21,33H. The third kappa shape index (κ3) is 2.82. The molecule has 7 aromatic rings. The summed E-state index contributed by atoms with van der Waals surface area (Å²) in [4.78, 5) is 0. The zero-order valence-corrected chi connectivity index (χ0v) is 18.6. The molecular weight excluding hydrogens is 412 g/mol. The molecule has 6 aromatic carbocycles. The maximum Gasteiger partial charge on any atom is 0.0776 e. The van der Waals surface area contributed by atoms with Crippen LogP contribution in [-0.2, 0) is 0 Å². The summed E-state index contributed by atoms with van der Waals surface area (Å²) in [5.74, 6) is 0. The van der Waals surface area contributed by atoms with Crippen LogP contribution in [0.1, 0.15) is 0 Å². The molecule has 1 N–H and O–H groups in total. The Balaban J connectivity index is 1.50. The van der Waals surface area contributed by atoms with Crippen molar-refractivity contribution in [2.45, 2.75) is 0 Å². The second-order valence-corrected chi connectivity index (χ2v) is 8.70. The van der Waals surface area contributed by atoms with Gasteiger partial charge in [0.05, 0.1) is 16.7 Å². The molecule has 1 heterocycles. The lowest BCUT2D eigenvalue weighted by Crippen LogP contribution is -1.98. The lowest BCUT2D eigenvalue weighted by Gasteiger charge is -2.15. The molecule has 0 aliphatic rings. The fourth-order valence-corrected chi connectivity index (χ4v) is 5.26. The van der Waals surface area contributed by atoms with Crippen molar-refractivity contribution in [1.29, 1.82) is 0 Å². The number of benzene rings is 6. The van der Waals surface area contributed by atoms with Gasteiger partial charge in [0.2, 0.25) is 0 Å². The van der Waals surface area contributed by atoms with Gasteiger partial charge in [-0.1, -0.05) is 97.1 Å². The molecule has 0 spiro atoms. The minimum Gasteiger partial charge on any atom is -0.353 e. The van der Waals surface area contributed by atoms with Gasteiger partial charge in [-0.15, -0.1) is 0 Å². The van der Waals surface area contributed by atoms with Crippen LogP contribution in [-0.4, -0.2) is 4.57 Å². The van der Waals surface area contributed by atoms with Gasteiger partial charge in [-0.25, -0.2) is 0 Å². The Morgan fingerprint density at radius 1 is 0.412 bits per heavy atom. The molecule has 2 nitrogen and oxygen atoms in total. The van der Waals surface area contributed by atoms with E-state index in [2.05, 4.69) is 137 Å². The lowest BCUT2D eigenvalue weighted by molar-refractivity contribution is 1.18. The van der Waals surface area contributed by atoms with Crippen LogP contribution in [0, 0.1) is 0 Å². The average Bonchev–Trinajstić information content (AvgIpc) is 3.25. The van der Waals surface area contributed by atoms with Crippen LogP contribution >= 0.6 is 0 Å². The topological polar surface area (TPSA) is 17.0 Å². The van der Waals surface area contributed by atoms with Crippen molar-refractivity contribution < 1.29 is 0 Å². The molecule has 0 bridgehead atoms. The predicted octanol–water partition coefficient (Wildman–Crippen LogP) is 8.83. The van der Waals surface area contributed by atoms with E-state index in [0.717, 1.165) is 17.1 Å². The summed E-state index contributed by atoms with van der Waals surface area (Å²) in [5, 5.41) is 11.3. The van der Waals surface area contributed by atoms with Crippen molar-refractivity contribution in [2.75, 3.05) is 5.32 Å². The molecule has 0 amide bonds. The van der Waals surface area contributed by atoms with Gasteiger partial charge in [0, 0.05) is 27.5 Å². The van der Waals surface area contributed by atoms with E-state index in [9.17, 15) is 0 Å². The molecular formula is C32H22N2. The van der Waals surface area contributed by atoms with E-state index >= 15 is 0 Å². The summed E-state index contributed by atoms with van der Waals surface area (Å²) in [6.45, 7) is 0. The van der Waals surface area contributed by atoms with E-state index in [0.29, 0.717) is 0 Å².